The van der Waals surface area contributed by atoms with Crippen molar-refractivity contribution in [2.24, 2.45) is 7.05 Å². The maximum atomic E-state index is 14.7. The summed E-state index contributed by atoms with van der Waals surface area (Å²) in [7, 11) is 1.81. The van der Waals surface area contributed by atoms with Gasteiger partial charge in [-0.25, -0.2) is 18.2 Å². The Balaban J connectivity index is 1.42. The van der Waals surface area contributed by atoms with Crippen LogP contribution in [0.1, 0.15) is 38.1 Å². The highest BCUT2D eigenvalue weighted by atomic mass is 35.5. The molecule has 188 valence electrons. The first-order valence-electron chi connectivity index (χ1n) is 11.7. The molecule has 1 atom stereocenters. The molecule has 36 heavy (non-hydrogen) atoms. The fourth-order valence-corrected chi connectivity index (χ4v) is 5.52. The minimum Gasteiger partial charge on any atom is -0.342 e. The monoisotopic (exact) mass is 516 g/mol. The fourth-order valence-electron chi connectivity index (χ4n) is 5.31. The highest BCUT2D eigenvalue weighted by Gasteiger charge is 2.59. The molecule has 0 unspecified atom stereocenters. The summed E-state index contributed by atoms with van der Waals surface area (Å²) in [6, 6.07) is 4.85. The maximum absolute atomic E-state index is 14.7. The van der Waals surface area contributed by atoms with Crippen molar-refractivity contribution in [1.82, 2.24) is 34.1 Å². The van der Waals surface area contributed by atoms with E-state index in [9.17, 15) is 13.2 Å². The summed E-state index contributed by atoms with van der Waals surface area (Å²) in [5.41, 5.74) is 0.762. The molecular formula is C24H24ClF3N8. The first-order valence-corrected chi connectivity index (χ1v) is 12.1. The molecule has 2 aliphatic rings. The van der Waals surface area contributed by atoms with Crippen LogP contribution >= 0.6 is 11.6 Å². The number of anilines is 2. The number of hydrogen-bond donors (Lipinski definition) is 1. The van der Waals surface area contributed by atoms with Crippen molar-refractivity contribution >= 4 is 23.2 Å². The highest BCUT2D eigenvalue weighted by Crippen LogP contribution is 2.54. The summed E-state index contributed by atoms with van der Waals surface area (Å²) >= 11 is 6.51. The Morgan fingerprint density at radius 3 is 2.69 bits per heavy atom. The lowest BCUT2D eigenvalue weighted by molar-refractivity contribution is -0.103. The zero-order valence-electron chi connectivity index (χ0n) is 19.7. The van der Waals surface area contributed by atoms with Crippen LogP contribution in [-0.2, 0) is 19.0 Å². The molecule has 0 bridgehead atoms. The van der Waals surface area contributed by atoms with E-state index >= 15 is 0 Å². The third-order valence-corrected chi connectivity index (χ3v) is 7.79. The van der Waals surface area contributed by atoms with Gasteiger partial charge in [0.15, 0.2) is 5.82 Å². The van der Waals surface area contributed by atoms with Crippen LogP contribution in [0.15, 0.2) is 36.8 Å². The van der Waals surface area contributed by atoms with Gasteiger partial charge in [0.25, 0.3) is 5.92 Å². The molecule has 0 amide bonds. The van der Waals surface area contributed by atoms with Gasteiger partial charge in [0.05, 0.1) is 28.4 Å². The number of aryl methyl sites for hydroxylation is 1. The van der Waals surface area contributed by atoms with E-state index in [0.29, 0.717) is 41.6 Å². The van der Waals surface area contributed by atoms with Gasteiger partial charge >= 0.3 is 0 Å². The highest BCUT2D eigenvalue weighted by molar-refractivity contribution is 6.33. The number of halogens is 4. The van der Waals surface area contributed by atoms with Crippen LogP contribution in [0.2, 0.25) is 5.02 Å². The number of alkyl halides is 3. The van der Waals surface area contributed by atoms with Crippen LogP contribution < -0.4 is 5.32 Å². The average Bonchev–Trinajstić information content (AvgIpc) is 3.51. The lowest BCUT2D eigenvalue weighted by Gasteiger charge is -2.45. The number of hydrogen-bond acceptors (Lipinski definition) is 5. The number of pyridine rings is 1. The minimum atomic E-state index is -2.98. The average molecular weight is 517 g/mol. The SMILES string of the molecule is Cn1nccc1Nc1cc(-c2cc3n(c2)C[C@H](CF)n2c-3nnc2C2(C(C)(F)F)CCC2)c(Cl)cn1. The molecule has 1 saturated carbocycles. The Hall–Kier alpha value is -3.34. The number of aromatic nitrogens is 7. The predicted molar refractivity (Wildman–Crippen MR) is 129 cm³/mol. The van der Waals surface area contributed by atoms with E-state index in [-0.39, 0.29) is 12.4 Å². The molecular weight excluding hydrogens is 493 g/mol. The van der Waals surface area contributed by atoms with Crippen LogP contribution in [-0.4, -0.2) is 46.7 Å². The quantitative estimate of drug-likeness (QED) is 0.364. The normalized spacial score (nSPS) is 18.4. The Kier molecular flexibility index (Phi) is 5.19. The number of rotatable bonds is 6. The molecule has 1 aliphatic heterocycles. The van der Waals surface area contributed by atoms with Gasteiger partial charge in [0.2, 0.25) is 0 Å². The standard InChI is InChI=1S/C24H24ClF3N8/c1-23(27,28)24(5-3-6-24)22-33-32-21-18-8-14(12-35(18)13-15(10-26)36(21)22)16-9-19(29-11-17(16)25)31-20-4-7-30-34(20)2/h4,7-9,11-12,15H,3,5-6,10,13H2,1-2H3,(H,29,31)/t15-/m0/s1. The Bertz CT molecular complexity index is 1450. The minimum absolute atomic E-state index is 0.178. The fraction of sp³-hybridized carbons (Fsp3) is 0.417. The largest absolute Gasteiger partial charge is 0.342 e. The van der Waals surface area contributed by atoms with E-state index in [1.165, 1.54) is 0 Å². The molecule has 12 heteroatoms. The lowest BCUT2D eigenvalue weighted by Crippen LogP contribution is -2.51. The van der Waals surface area contributed by atoms with Gasteiger partial charge in [0.1, 0.15) is 24.1 Å². The maximum Gasteiger partial charge on any atom is 0.257 e. The van der Waals surface area contributed by atoms with Crippen LogP contribution in [0.3, 0.4) is 0 Å². The number of fused-ring (bicyclic) bond motifs is 3. The second kappa shape index (κ2) is 8.09. The van der Waals surface area contributed by atoms with E-state index in [1.54, 1.807) is 21.6 Å². The molecule has 0 saturated heterocycles. The van der Waals surface area contributed by atoms with Gasteiger partial charge < -0.3 is 14.5 Å². The van der Waals surface area contributed by atoms with Crippen molar-refractivity contribution in [2.45, 2.75) is 50.1 Å². The van der Waals surface area contributed by atoms with Gasteiger partial charge in [0, 0.05) is 50.1 Å². The zero-order valence-corrected chi connectivity index (χ0v) is 20.5. The van der Waals surface area contributed by atoms with E-state index < -0.39 is 24.1 Å². The Labute approximate surface area is 210 Å². The zero-order chi connectivity index (χ0) is 25.2. The molecule has 6 rings (SSSR count). The molecule has 5 heterocycles. The summed E-state index contributed by atoms with van der Waals surface area (Å²) in [6.45, 7) is 0.480. The van der Waals surface area contributed by atoms with Gasteiger partial charge in [-0.05, 0) is 25.0 Å². The summed E-state index contributed by atoms with van der Waals surface area (Å²) in [5, 5.41) is 16.3. The van der Waals surface area contributed by atoms with Crippen LogP contribution in [0.5, 0.6) is 0 Å². The predicted octanol–water partition coefficient (Wildman–Crippen LogP) is 5.54. The molecule has 8 nitrogen and oxygen atoms in total. The van der Waals surface area contributed by atoms with Crippen molar-refractivity contribution in [3.05, 3.63) is 47.6 Å². The number of nitrogens with one attached hydrogen (secondary N) is 1. The topological polar surface area (TPSA) is 78.4 Å². The molecule has 4 aromatic heterocycles. The van der Waals surface area contributed by atoms with Crippen LogP contribution in [0.25, 0.3) is 22.6 Å². The first-order chi connectivity index (χ1) is 17.2. The number of nitrogens with zero attached hydrogens (tertiary/aromatic N) is 7. The molecule has 0 aromatic carbocycles. The summed E-state index contributed by atoms with van der Waals surface area (Å²) in [4.78, 5) is 4.35. The van der Waals surface area contributed by atoms with Gasteiger partial charge in [-0.2, -0.15) is 5.10 Å². The Morgan fingerprint density at radius 2 is 2.06 bits per heavy atom. The van der Waals surface area contributed by atoms with E-state index in [2.05, 4.69) is 25.6 Å². The summed E-state index contributed by atoms with van der Waals surface area (Å²) in [6.07, 6.45) is 6.40. The van der Waals surface area contributed by atoms with E-state index in [4.69, 9.17) is 11.6 Å². The second-order valence-corrected chi connectivity index (χ2v) is 10.0. The molecule has 1 N–H and O–H groups in total. The van der Waals surface area contributed by atoms with Crippen molar-refractivity contribution in [3.63, 3.8) is 0 Å². The van der Waals surface area contributed by atoms with Crippen LogP contribution in [0, 0.1) is 0 Å². The third kappa shape index (κ3) is 3.36. The summed E-state index contributed by atoms with van der Waals surface area (Å²) in [5.74, 6) is -1.08. The van der Waals surface area contributed by atoms with Gasteiger partial charge in [-0.3, -0.25) is 4.68 Å². The molecule has 0 radical (unpaired) electrons. The Morgan fingerprint density at radius 1 is 1.25 bits per heavy atom. The first kappa shape index (κ1) is 23.1. The van der Waals surface area contributed by atoms with E-state index in [1.807, 2.05) is 36.0 Å². The molecule has 0 spiro atoms. The molecule has 1 fully saturated rings. The third-order valence-electron chi connectivity index (χ3n) is 7.49. The molecule has 4 aromatic rings. The molecule has 1 aliphatic carbocycles. The smallest absolute Gasteiger partial charge is 0.257 e. The van der Waals surface area contributed by atoms with Crippen molar-refractivity contribution in [2.75, 3.05) is 12.0 Å². The van der Waals surface area contributed by atoms with Crippen LogP contribution in [0.4, 0.5) is 24.8 Å². The van der Waals surface area contributed by atoms with Gasteiger partial charge in [-0.1, -0.05) is 18.0 Å². The second-order valence-electron chi connectivity index (χ2n) is 9.63. The van der Waals surface area contributed by atoms with E-state index in [0.717, 1.165) is 23.9 Å². The van der Waals surface area contributed by atoms with Crippen molar-refractivity contribution < 1.29 is 13.2 Å². The van der Waals surface area contributed by atoms with Gasteiger partial charge in [-0.15, -0.1) is 10.2 Å². The van der Waals surface area contributed by atoms with Crippen molar-refractivity contribution in [3.8, 4) is 22.6 Å². The lowest BCUT2D eigenvalue weighted by atomic mass is 9.64. The van der Waals surface area contributed by atoms with Crippen molar-refractivity contribution in [1.29, 1.82) is 0 Å². The summed E-state index contributed by atoms with van der Waals surface area (Å²) < 4.78 is 48.9.